The van der Waals surface area contributed by atoms with Crippen LogP contribution in [0.15, 0.2) is 10.6 Å². The second kappa shape index (κ2) is 8.47. The predicted octanol–water partition coefficient (Wildman–Crippen LogP) is 2.68. The van der Waals surface area contributed by atoms with Crippen molar-refractivity contribution in [2.24, 2.45) is 0 Å². The molecule has 0 aliphatic heterocycles. The Bertz CT molecular complexity index is 544. The van der Waals surface area contributed by atoms with Crippen molar-refractivity contribution in [2.75, 3.05) is 5.75 Å². The van der Waals surface area contributed by atoms with Gasteiger partial charge in [0.25, 0.3) is 0 Å². The van der Waals surface area contributed by atoms with E-state index in [4.69, 9.17) is 4.52 Å². The van der Waals surface area contributed by atoms with Crippen LogP contribution in [0, 0.1) is 0 Å². The standard InChI is InChI=1S/C16H27N3O3S/c1-4-23(21)15-8-6-5-7-13(15)18-16(20)17-10-12-9-14(11(2)3)19-22-12/h9,11,13,15H,4-8,10H2,1-3H3,(H2,17,18,20)/t13-,15-,23+/m0/s1. The van der Waals surface area contributed by atoms with Crippen LogP contribution in [0.3, 0.4) is 0 Å². The fourth-order valence-electron chi connectivity index (χ4n) is 2.86. The molecule has 0 saturated heterocycles. The first-order chi connectivity index (χ1) is 11.0. The number of carbonyl (C=O) groups excluding carboxylic acids is 1. The fourth-order valence-corrected chi connectivity index (χ4v) is 4.29. The molecule has 1 saturated carbocycles. The maximum atomic E-state index is 12.1. The van der Waals surface area contributed by atoms with E-state index in [1.807, 2.05) is 26.8 Å². The van der Waals surface area contributed by atoms with E-state index < -0.39 is 10.8 Å². The van der Waals surface area contributed by atoms with E-state index in [9.17, 15) is 9.00 Å². The molecule has 0 bridgehead atoms. The molecule has 130 valence electrons. The minimum absolute atomic E-state index is 0.00881. The average molecular weight is 341 g/mol. The monoisotopic (exact) mass is 341 g/mol. The highest BCUT2D eigenvalue weighted by Crippen LogP contribution is 2.23. The third-order valence-corrected chi connectivity index (χ3v) is 6.04. The molecular weight excluding hydrogens is 314 g/mol. The van der Waals surface area contributed by atoms with Gasteiger partial charge in [0.1, 0.15) is 0 Å². The highest BCUT2D eigenvalue weighted by molar-refractivity contribution is 7.85. The smallest absolute Gasteiger partial charge is 0.315 e. The van der Waals surface area contributed by atoms with E-state index in [0.717, 1.165) is 31.4 Å². The van der Waals surface area contributed by atoms with Crippen LogP contribution in [0.4, 0.5) is 4.79 Å². The predicted molar refractivity (Wildman–Crippen MR) is 90.7 cm³/mol. The van der Waals surface area contributed by atoms with Gasteiger partial charge in [-0.05, 0) is 18.8 Å². The molecule has 6 nitrogen and oxygen atoms in total. The summed E-state index contributed by atoms with van der Waals surface area (Å²) in [6.07, 6.45) is 3.98. The summed E-state index contributed by atoms with van der Waals surface area (Å²) in [7, 11) is -0.873. The minimum Gasteiger partial charge on any atom is -0.359 e. The van der Waals surface area contributed by atoms with Gasteiger partial charge in [-0.3, -0.25) is 4.21 Å². The molecule has 0 radical (unpaired) electrons. The first-order valence-electron chi connectivity index (χ1n) is 8.38. The largest absolute Gasteiger partial charge is 0.359 e. The third-order valence-electron chi connectivity index (χ3n) is 4.23. The Morgan fingerprint density at radius 2 is 2.17 bits per heavy atom. The summed E-state index contributed by atoms with van der Waals surface area (Å²) < 4.78 is 17.3. The Labute approximate surface area is 140 Å². The van der Waals surface area contributed by atoms with Crippen LogP contribution >= 0.6 is 0 Å². The van der Waals surface area contributed by atoms with Crippen molar-refractivity contribution in [2.45, 2.75) is 70.2 Å². The molecule has 2 amide bonds. The minimum atomic E-state index is -0.873. The van der Waals surface area contributed by atoms with Gasteiger partial charge in [0.15, 0.2) is 5.76 Å². The first kappa shape index (κ1) is 18.0. The number of aromatic nitrogens is 1. The molecule has 0 aromatic carbocycles. The summed E-state index contributed by atoms with van der Waals surface area (Å²) in [4.78, 5) is 12.1. The third kappa shape index (κ3) is 5.06. The van der Waals surface area contributed by atoms with E-state index in [0.29, 0.717) is 24.0 Å². The molecule has 1 heterocycles. The van der Waals surface area contributed by atoms with Gasteiger partial charge in [0.05, 0.1) is 17.5 Å². The van der Waals surface area contributed by atoms with Crippen molar-refractivity contribution in [1.29, 1.82) is 0 Å². The zero-order valence-electron chi connectivity index (χ0n) is 14.1. The van der Waals surface area contributed by atoms with Gasteiger partial charge in [-0.25, -0.2) is 4.79 Å². The van der Waals surface area contributed by atoms with Gasteiger partial charge in [0, 0.05) is 28.7 Å². The molecule has 23 heavy (non-hydrogen) atoms. The molecule has 1 aliphatic carbocycles. The molecule has 3 atom stereocenters. The number of rotatable bonds is 6. The van der Waals surface area contributed by atoms with E-state index in [-0.39, 0.29) is 17.3 Å². The van der Waals surface area contributed by atoms with Gasteiger partial charge in [-0.1, -0.05) is 38.8 Å². The van der Waals surface area contributed by atoms with Gasteiger partial charge in [-0.2, -0.15) is 0 Å². The molecule has 1 fully saturated rings. The van der Waals surface area contributed by atoms with E-state index >= 15 is 0 Å². The van der Waals surface area contributed by atoms with Gasteiger partial charge in [0.2, 0.25) is 0 Å². The molecular formula is C16H27N3O3S. The Hall–Kier alpha value is -1.37. The molecule has 0 unspecified atom stereocenters. The maximum Gasteiger partial charge on any atom is 0.315 e. The molecule has 1 aromatic heterocycles. The fraction of sp³-hybridized carbons (Fsp3) is 0.750. The normalized spacial score (nSPS) is 22.8. The van der Waals surface area contributed by atoms with Crippen LogP contribution in [0.5, 0.6) is 0 Å². The number of hydrogen-bond donors (Lipinski definition) is 2. The van der Waals surface area contributed by atoms with Crippen molar-refractivity contribution in [3.8, 4) is 0 Å². The summed E-state index contributed by atoms with van der Waals surface area (Å²) in [5, 5.41) is 9.81. The Morgan fingerprint density at radius 3 is 2.83 bits per heavy atom. The number of urea groups is 1. The molecule has 1 aromatic rings. The Balaban J connectivity index is 1.84. The maximum absolute atomic E-state index is 12.1. The Morgan fingerprint density at radius 1 is 1.43 bits per heavy atom. The highest BCUT2D eigenvalue weighted by atomic mass is 32.2. The summed E-state index contributed by atoms with van der Waals surface area (Å²) in [5.41, 5.74) is 0.882. The first-order valence-corrected chi connectivity index (χ1v) is 9.76. The van der Waals surface area contributed by atoms with Crippen LogP contribution in [-0.4, -0.2) is 32.4 Å². The van der Waals surface area contributed by atoms with E-state index in [1.165, 1.54) is 0 Å². The van der Waals surface area contributed by atoms with Crippen molar-refractivity contribution >= 4 is 16.8 Å². The van der Waals surface area contributed by atoms with Gasteiger partial charge >= 0.3 is 6.03 Å². The van der Waals surface area contributed by atoms with Crippen molar-refractivity contribution in [1.82, 2.24) is 15.8 Å². The summed E-state index contributed by atoms with van der Waals surface area (Å²) in [6.45, 7) is 6.32. The quantitative estimate of drug-likeness (QED) is 0.833. The lowest BCUT2D eigenvalue weighted by Crippen LogP contribution is -2.50. The number of carbonyl (C=O) groups is 1. The van der Waals surface area contributed by atoms with Crippen molar-refractivity contribution in [3.63, 3.8) is 0 Å². The lowest BCUT2D eigenvalue weighted by atomic mass is 9.95. The molecule has 2 rings (SSSR count). The Kier molecular flexibility index (Phi) is 6.62. The summed E-state index contributed by atoms with van der Waals surface area (Å²) in [6, 6.07) is 1.61. The average Bonchev–Trinajstić information content (AvgIpc) is 3.02. The van der Waals surface area contributed by atoms with Crippen molar-refractivity contribution < 1.29 is 13.5 Å². The van der Waals surface area contributed by atoms with E-state index in [2.05, 4.69) is 15.8 Å². The topological polar surface area (TPSA) is 84.2 Å². The van der Waals surface area contributed by atoms with E-state index in [1.54, 1.807) is 0 Å². The highest BCUT2D eigenvalue weighted by Gasteiger charge is 2.30. The SMILES string of the molecule is CC[S@@](=O)[C@H]1CCCC[C@@H]1NC(=O)NCc1cc(C(C)C)no1. The zero-order valence-corrected chi connectivity index (χ0v) is 14.9. The molecule has 7 heteroatoms. The molecule has 1 aliphatic rings. The summed E-state index contributed by atoms with van der Waals surface area (Å²) in [5.74, 6) is 1.58. The van der Waals surface area contributed by atoms with Crippen LogP contribution in [0.1, 0.15) is 63.8 Å². The van der Waals surface area contributed by atoms with Crippen molar-refractivity contribution in [3.05, 3.63) is 17.5 Å². The second-order valence-electron chi connectivity index (χ2n) is 6.30. The lowest BCUT2D eigenvalue weighted by Gasteiger charge is -2.31. The summed E-state index contributed by atoms with van der Waals surface area (Å²) >= 11 is 0. The number of nitrogens with one attached hydrogen (secondary N) is 2. The number of nitrogens with zero attached hydrogens (tertiary/aromatic N) is 1. The number of hydrogen-bond acceptors (Lipinski definition) is 4. The van der Waals surface area contributed by atoms with Crippen LogP contribution in [-0.2, 0) is 17.3 Å². The molecule has 0 spiro atoms. The zero-order chi connectivity index (χ0) is 16.8. The van der Waals surface area contributed by atoms with Crippen LogP contribution < -0.4 is 10.6 Å². The molecule has 2 N–H and O–H groups in total. The lowest BCUT2D eigenvalue weighted by molar-refractivity contribution is 0.231. The number of amides is 2. The van der Waals surface area contributed by atoms with Gasteiger partial charge < -0.3 is 15.2 Å². The van der Waals surface area contributed by atoms with Crippen LogP contribution in [0.2, 0.25) is 0 Å². The van der Waals surface area contributed by atoms with Crippen LogP contribution in [0.25, 0.3) is 0 Å². The van der Waals surface area contributed by atoms with Gasteiger partial charge in [-0.15, -0.1) is 0 Å². The second-order valence-corrected chi connectivity index (χ2v) is 8.24.